The molecule has 0 saturated carbocycles. The van der Waals surface area contributed by atoms with Crippen molar-refractivity contribution in [3.05, 3.63) is 17.2 Å². The Labute approximate surface area is 65.8 Å². The first-order valence-electron chi connectivity index (χ1n) is 3.84. The van der Waals surface area contributed by atoms with Crippen LogP contribution in [0.3, 0.4) is 0 Å². The van der Waals surface area contributed by atoms with Crippen molar-refractivity contribution in [2.24, 2.45) is 0 Å². The Kier molecular flexibility index (Phi) is 2.41. The lowest BCUT2D eigenvalue weighted by atomic mass is 10.2. The molecule has 0 fully saturated rings. The standard InChI is InChI=1S/C8H12N2O/c1-3-6-7(4-2)10-8(5-11)9-6/h5H,3-4H2,1-2H3,(H,9,10). The number of aromatic nitrogens is 2. The van der Waals surface area contributed by atoms with E-state index in [1.165, 1.54) is 0 Å². The minimum absolute atomic E-state index is 0.443. The van der Waals surface area contributed by atoms with Gasteiger partial charge < -0.3 is 4.98 Å². The number of carbonyl (C=O) groups is 1. The second kappa shape index (κ2) is 3.32. The van der Waals surface area contributed by atoms with E-state index >= 15 is 0 Å². The summed E-state index contributed by atoms with van der Waals surface area (Å²) in [5, 5.41) is 0. The van der Waals surface area contributed by atoms with Crippen molar-refractivity contribution in [1.29, 1.82) is 0 Å². The lowest BCUT2D eigenvalue weighted by Gasteiger charge is -1.91. The van der Waals surface area contributed by atoms with E-state index in [-0.39, 0.29) is 0 Å². The van der Waals surface area contributed by atoms with Gasteiger partial charge in [-0.1, -0.05) is 13.8 Å². The first-order chi connectivity index (χ1) is 5.31. The molecule has 60 valence electrons. The van der Waals surface area contributed by atoms with Crippen LogP contribution < -0.4 is 0 Å². The Hall–Kier alpha value is -1.12. The fraction of sp³-hybridized carbons (Fsp3) is 0.500. The van der Waals surface area contributed by atoms with Gasteiger partial charge in [0.1, 0.15) is 0 Å². The topological polar surface area (TPSA) is 45.8 Å². The third-order valence-corrected chi connectivity index (χ3v) is 1.68. The summed E-state index contributed by atoms with van der Waals surface area (Å²) >= 11 is 0. The highest BCUT2D eigenvalue weighted by Gasteiger charge is 2.04. The number of hydrogen-bond acceptors (Lipinski definition) is 2. The Morgan fingerprint density at radius 2 is 2.18 bits per heavy atom. The smallest absolute Gasteiger partial charge is 0.185 e. The second-order valence-corrected chi connectivity index (χ2v) is 2.37. The highest BCUT2D eigenvalue weighted by molar-refractivity contribution is 5.69. The van der Waals surface area contributed by atoms with Gasteiger partial charge in [0, 0.05) is 5.69 Å². The molecule has 1 aromatic heterocycles. The summed E-state index contributed by atoms with van der Waals surface area (Å²) < 4.78 is 0. The van der Waals surface area contributed by atoms with Gasteiger partial charge >= 0.3 is 0 Å². The van der Waals surface area contributed by atoms with Gasteiger partial charge in [-0.15, -0.1) is 0 Å². The summed E-state index contributed by atoms with van der Waals surface area (Å²) in [7, 11) is 0. The fourth-order valence-electron chi connectivity index (χ4n) is 1.11. The first-order valence-corrected chi connectivity index (χ1v) is 3.84. The zero-order valence-corrected chi connectivity index (χ0v) is 6.85. The number of H-pyrrole nitrogens is 1. The highest BCUT2D eigenvalue weighted by Crippen LogP contribution is 2.06. The molecule has 0 amide bonds. The molecule has 3 nitrogen and oxygen atoms in total. The van der Waals surface area contributed by atoms with Gasteiger partial charge in [0.15, 0.2) is 12.1 Å². The number of hydrogen-bond donors (Lipinski definition) is 1. The van der Waals surface area contributed by atoms with Crippen LogP contribution in [0.1, 0.15) is 35.9 Å². The summed E-state index contributed by atoms with van der Waals surface area (Å²) in [6.07, 6.45) is 2.54. The number of rotatable bonds is 3. The molecule has 0 atom stereocenters. The number of aromatic amines is 1. The number of aldehydes is 1. The SMILES string of the molecule is CCc1nc(C=O)[nH]c1CC. The Morgan fingerprint density at radius 1 is 1.45 bits per heavy atom. The lowest BCUT2D eigenvalue weighted by Crippen LogP contribution is -1.87. The minimum atomic E-state index is 0.443. The van der Waals surface area contributed by atoms with Crippen molar-refractivity contribution in [2.75, 3.05) is 0 Å². The van der Waals surface area contributed by atoms with Crippen LogP contribution in [-0.2, 0) is 12.8 Å². The molecule has 0 aliphatic carbocycles. The summed E-state index contributed by atoms with van der Waals surface area (Å²) in [6.45, 7) is 4.07. The molecule has 1 aromatic rings. The van der Waals surface area contributed by atoms with Gasteiger partial charge in [0.2, 0.25) is 0 Å². The van der Waals surface area contributed by atoms with Gasteiger partial charge in [-0.05, 0) is 12.8 Å². The maximum Gasteiger partial charge on any atom is 0.185 e. The molecule has 0 aliphatic heterocycles. The van der Waals surface area contributed by atoms with E-state index in [1.54, 1.807) is 0 Å². The van der Waals surface area contributed by atoms with Gasteiger partial charge in [0.25, 0.3) is 0 Å². The molecule has 0 radical (unpaired) electrons. The summed E-state index contributed by atoms with van der Waals surface area (Å²) in [5.74, 6) is 0.443. The normalized spacial score (nSPS) is 10.0. The van der Waals surface area contributed by atoms with E-state index in [1.807, 2.05) is 13.8 Å². The minimum Gasteiger partial charge on any atom is -0.339 e. The predicted molar refractivity (Wildman–Crippen MR) is 42.7 cm³/mol. The third kappa shape index (κ3) is 1.48. The molecule has 0 bridgehead atoms. The van der Waals surface area contributed by atoms with E-state index < -0.39 is 0 Å². The molecule has 1 rings (SSSR count). The number of nitrogens with zero attached hydrogens (tertiary/aromatic N) is 1. The molecule has 0 spiro atoms. The van der Waals surface area contributed by atoms with Crippen molar-refractivity contribution < 1.29 is 4.79 Å². The zero-order valence-electron chi connectivity index (χ0n) is 6.85. The van der Waals surface area contributed by atoms with Crippen molar-refractivity contribution in [1.82, 2.24) is 9.97 Å². The third-order valence-electron chi connectivity index (χ3n) is 1.68. The van der Waals surface area contributed by atoms with Gasteiger partial charge in [-0.25, -0.2) is 4.98 Å². The molecule has 0 unspecified atom stereocenters. The maximum absolute atomic E-state index is 10.3. The van der Waals surface area contributed by atoms with Crippen molar-refractivity contribution in [2.45, 2.75) is 26.7 Å². The van der Waals surface area contributed by atoms with Crippen molar-refractivity contribution in [3.63, 3.8) is 0 Å². The van der Waals surface area contributed by atoms with E-state index in [9.17, 15) is 4.79 Å². The van der Waals surface area contributed by atoms with Gasteiger partial charge in [-0.2, -0.15) is 0 Å². The monoisotopic (exact) mass is 152 g/mol. The van der Waals surface area contributed by atoms with Crippen LogP contribution in [0.5, 0.6) is 0 Å². The van der Waals surface area contributed by atoms with Crippen LogP contribution in [0.15, 0.2) is 0 Å². The van der Waals surface area contributed by atoms with Crippen LogP contribution >= 0.6 is 0 Å². The van der Waals surface area contributed by atoms with Gasteiger partial charge in [-0.3, -0.25) is 4.79 Å². The molecule has 0 aliphatic rings. The Balaban J connectivity index is 3.01. The van der Waals surface area contributed by atoms with Crippen LogP contribution in [0.2, 0.25) is 0 Å². The van der Waals surface area contributed by atoms with Gasteiger partial charge in [0.05, 0.1) is 5.69 Å². The molecular formula is C8H12N2O. The fourth-order valence-corrected chi connectivity index (χ4v) is 1.11. The zero-order chi connectivity index (χ0) is 8.27. The largest absolute Gasteiger partial charge is 0.339 e. The van der Waals surface area contributed by atoms with E-state index in [0.717, 1.165) is 30.5 Å². The molecule has 3 heteroatoms. The van der Waals surface area contributed by atoms with Crippen LogP contribution in [0.25, 0.3) is 0 Å². The molecule has 1 heterocycles. The maximum atomic E-state index is 10.3. The van der Waals surface area contributed by atoms with Crippen molar-refractivity contribution in [3.8, 4) is 0 Å². The average Bonchev–Trinajstić information content (AvgIpc) is 2.46. The lowest BCUT2D eigenvalue weighted by molar-refractivity contribution is 0.111. The van der Waals surface area contributed by atoms with E-state index in [4.69, 9.17) is 0 Å². The summed E-state index contributed by atoms with van der Waals surface area (Å²) in [4.78, 5) is 17.4. The predicted octanol–water partition coefficient (Wildman–Crippen LogP) is 1.35. The number of imidazole rings is 1. The molecule has 0 saturated heterocycles. The summed E-state index contributed by atoms with van der Waals surface area (Å²) in [5.41, 5.74) is 2.09. The quantitative estimate of drug-likeness (QED) is 0.664. The highest BCUT2D eigenvalue weighted by atomic mass is 16.1. The Bertz CT molecular complexity index is 231. The molecule has 11 heavy (non-hydrogen) atoms. The summed E-state index contributed by atoms with van der Waals surface area (Å²) in [6, 6.07) is 0. The molecular weight excluding hydrogens is 140 g/mol. The van der Waals surface area contributed by atoms with Crippen LogP contribution in [0.4, 0.5) is 0 Å². The first kappa shape index (κ1) is 7.98. The number of carbonyl (C=O) groups excluding carboxylic acids is 1. The van der Waals surface area contributed by atoms with Crippen LogP contribution in [0, 0.1) is 0 Å². The number of nitrogens with one attached hydrogen (secondary N) is 1. The molecule has 0 aromatic carbocycles. The van der Waals surface area contributed by atoms with E-state index in [2.05, 4.69) is 9.97 Å². The van der Waals surface area contributed by atoms with Crippen LogP contribution in [-0.4, -0.2) is 16.3 Å². The Morgan fingerprint density at radius 3 is 2.55 bits per heavy atom. The second-order valence-electron chi connectivity index (χ2n) is 2.37. The van der Waals surface area contributed by atoms with Crippen molar-refractivity contribution >= 4 is 6.29 Å². The molecule has 1 N–H and O–H groups in total. The van der Waals surface area contributed by atoms with E-state index in [0.29, 0.717) is 5.82 Å². The number of aryl methyl sites for hydroxylation is 2. The average molecular weight is 152 g/mol.